The first-order chi connectivity index (χ1) is 19.9. The third kappa shape index (κ3) is 9.52. The molecule has 1 atom stereocenters. The van der Waals surface area contributed by atoms with Crippen LogP contribution in [0, 0.1) is 11.6 Å². The Morgan fingerprint density at radius 1 is 1.12 bits per heavy atom. The lowest BCUT2D eigenvalue weighted by molar-refractivity contribution is -0.138. The van der Waals surface area contributed by atoms with E-state index in [4.69, 9.17) is 14.5 Å². The van der Waals surface area contributed by atoms with Crippen molar-refractivity contribution in [2.24, 2.45) is 0 Å². The SMILES string of the molecule is COc1nccc(NC(CCN(CCCCc2ccc3c(n2)NCCC3)CCOc2cc(F)cc(F)c2)C(=O)O)n1. The van der Waals surface area contributed by atoms with Gasteiger partial charge in [0, 0.05) is 49.7 Å². The highest BCUT2D eigenvalue weighted by molar-refractivity contribution is 5.76. The van der Waals surface area contributed by atoms with Crippen molar-refractivity contribution >= 4 is 17.6 Å². The molecule has 10 nitrogen and oxygen atoms in total. The summed E-state index contributed by atoms with van der Waals surface area (Å²) in [4.78, 5) is 26.9. The Kier molecular flexibility index (Phi) is 11.0. The van der Waals surface area contributed by atoms with Gasteiger partial charge in [-0.1, -0.05) is 6.07 Å². The maximum Gasteiger partial charge on any atom is 0.326 e. The van der Waals surface area contributed by atoms with Gasteiger partial charge in [0.2, 0.25) is 0 Å². The van der Waals surface area contributed by atoms with E-state index in [9.17, 15) is 18.7 Å². The molecule has 41 heavy (non-hydrogen) atoms. The minimum atomic E-state index is -1.01. The van der Waals surface area contributed by atoms with Gasteiger partial charge >= 0.3 is 12.0 Å². The number of carboxylic acids is 1. The van der Waals surface area contributed by atoms with Crippen LogP contribution in [0.3, 0.4) is 0 Å². The van der Waals surface area contributed by atoms with Crippen LogP contribution in [0.15, 0.2) is 42.6 Å². The Morgan fingerprint density at radius 3 is 2.73 bits per heavy atom. The summed E-state index contributed by atoms with van der Waals surface area (Å²) in [6, 6.07) is 8.10. The van der Waals surface area contributed by atoms with Crippen molar-refractivity contribution < 1.29 is 28.2 Å². The number of hydrogen-bond acceptors (Lipinski definition) is 9. The van der Waals surface area contributed by atoms with Crippen LogP contribution >= 0.6 is 0 Å². The summed E-state index contributed by atoms with van der Waals surface area (Å²) in [6.07, 6.45) is 6.53. The Hall–Kier alpha value is -4.06. The molecule has 3 heterocycles. The number of anilines is 2. The number of hydrogen-bond donors (Lipinski definition) is 3. The van der Waals surface area contributed by atoms with Crippen molar-refractivity contribution in [2.75, 3.05) is 50.5 Å². The zero-order chi connectivity index (χ0) is 29.0. The molecule has 220 valence electrons. The van der Waals surface area contributed by atoms with Gasteiger partial charge in [0.25, 0.3) is 0 Å². The van der Waals surface area contributed by atoms with Crippen molar-refractivity contribution in [2.45, 2.75) is 44.6 Å². The number of fused-ring (bicyclic) bond motifs is 1. The molecule has 1 unspecified atom stereocenters. The van der Waals surface area contributed by atoms with Crippen LogP contribution in [-0.4, -0.2) is 76.9 Å². The minimum absolute atomic E-state index is 0.109. The van der Waals surface area contributed by atoms with Gasteiger partial charge in [0.1, 0.15) is 41.7 Å². The summed E-state index contributed by atoms with van der Waals surface area (Å²) in [5.74, 6) is -0.994. The number of ether oxygens (including phenoxy) is 2. The highest BCUT2D eigenvalue weighted by atomic mass is 19.1. The van der Waals surface area contributed by atoms with E-state index in [1.165, 1.54) is 18.9 Å². The molecule has 0 aliphatic carbocycles. The summed E-state index contributed by atoms with van der Waals surface area (Å²) < 4.78 is 37.7. The smallest absolute Gasteiger partial charge is 0.326 e. The van der Waals surface area contributed by atoms with E-state index in [2.05, 4.69) is 37.6 Å². The van der Waals surface area contributed by atoms with Gasteiger partial charge in [-0.2, -0.15) is 4.98 Å². The van der Waals surface area contributed by atoms with E-state index in [-0.39, 0.29) is 24.8 Å². The molecule has 0 bridgehead atoms. The van der Waals surface area contributed by atoms with E-state index in [0.29, 0.717) is 25.5 Å². The van der Waals surface area contributed by atoms with Gasteiger partial charge in [-0.15, -0.1) is 0 Å². The quantitative estimate of drug-likeness (QED) is 0.216. The lowest BCUT2D eigenvalue weighted by atomic mass is 10.1. The molecule has 1 aliphatic rings. The molecule has 4 rings (SSSR count). The number of carboxylic acid groups (broad SMARTS) is 1. The van der Waals surface area contributed by atoms with Crippen molar-refractivity contribution in [3.63, 3.8) is 0 Å². The number of carbonyl (C=O) groups is 1. The lowest BCUT2D eigenvalue weighted by Gasteiger charge is -2.24. The first kappa shape index (κ1) is 29.9. The number of aryl methyl sites for hydroxylation is 2. The first-order valence-electron chi connectivity index (χ1n) is 13.8. The molecule has 2 aromatic heterocycles. The van der Waals surface area contributed by atoms with Crippen LogP contribution in [0.25, 0.3) is 0 Å². The molecule has 0 saturated heterocycles. The van der Waals surface area contributed by atoms with Crippen LogP contribution in [0.2, 0.25) is 0 Å². The van der Waals surface area contributed by atoms with Crippen LogP contribution in [0.1, 0.15) is 36.9 Å². The topological polar surface area (TPSA) is 122 Å². The number of pyridine rings is 1. The van der Waals surface area contributed by atoms with Crippen LogP contribution < -0.4 is 20.1 Å². The van der Waals surface area contributed by atoms with Gasteiger partial charge < -0.3 is 25.2 Å². The fraction of sp³-hybridized carbons (Fsp3) is 0.448. The predicted molar refractivity (Wildman–Crippen MR) is 151 cm³/mol. The summed E-state index contributed by atoms with van der Waals surface area (Å²) in [6.45, 7) is 2.73. The molecule has 1 aliphatic heterocycles. The number of unbranched alkanes of at least 4 members (excludes halogenated alkanes) is 1. The number of halogens is 2. The summed E-state index contributed by atoms with van der Waals surface area (Å²) in [5, 5.41) is 16.1. The molecular weight excluding hydrogens is 534 g/mol. The Morgan fingerprint density at radius 2 is 1.95 bits per heavy atom. The monoisotopic (exact) mass is 570 g/mol. The Balaban J connectivity index is 1.32. The third-order valence-electron chi connectivity index (χ3n) is 6.79. The first-order valence-corrected chi connectivity index (χ1v) is 13.8. The Labute approximate surface area is 238 Å². The van der Waals surface area contributed by atoms with E-state index in [0.717, 1.165) is 68.4 Å². The van der Waals surface area contributed by atoms with Gasteiger partial charge in [-0.05, 0) is 62.8 Å². The molecule has 0 spiro atoms. The van der Waals surface area contributed by atoms with Crippen LogP contribution in [0.5, 0.6) is 11.8 Å². The zero-order valence-corrected chi connectivity index (χ0v) is 23.1. The number of nitrogens with zero attached hydrogens (tertiary/aromatic N) is 4. The standard InChI is InChI=1S/C29H36F2N6O4/c1-40-29-33-12-9-26(36-29)35-25(28(38)39)10-14-37(15-16-41-24-18-21(30)17-22(31)19-24)13-3-2-6-23-8-7-20-5-4-11-32-27(20)34-23/h7-9,12,17-19,25H,2-6,10-11,13-16H2,1H3,(H,32,34)(H,38,39)(H,33,35,36). The fourth-order valence-corrected chi connectivity index (χ4v) is 4.66. The maximum atomic E-state index is 13.5. The van der Waals surface area contributed by atoms with Gasteiger partial charge in [-0.3, -0.25) is 4.90 Å². The van der Waals surface area contributed by atoms with E-state index >= 15 is 0 Å². The van der Waals surface area contributed by atoms with E-state index < -0.39 is 23.6 Å². The second-order valence-corrected chi connectivity index (χ2v) is 9.85. The second-order valence-electron chi connectivity index (χ2n) is 9.85. The van der Waals surface area contributed by atoms with Crippen LogP contribution in [0.4, 0.5) is 20.4 Å². The van der Waals surface area contributed by atoms with E-state index in [1.807, 2.05) is 0 Å². The molecule has 0 amide bonds. The molecular formula is C29H36F2N6O4. The highest BCUT2D eigenvalue weighted by Crippen LogP contribution is 2.20. The van der Waals surface area contributed by atoms with Crippen molar-refractivity contribution in [3.8, 4) is 11.8 Å². The molecule has 1 aromatic carbocycles. The summed E-state index contributed by atoms with van der Waals surface area (Å²) in [7, 11) is 1.44. The number of rotatable bonds is 16. The van der Waals surface area contributed by atoms with Crippen molar-refractivity contribution in [1.29, 1.82) is 0 Å². The number of aromatic nitrogens is 3. The number of aliphatic carboxylic acids is 1. The van der Waals surface area contributed by atoms with Gasteiger partial charge in [0.05, 0.1) is 7.11 Å². The third-order valence-corrected chi connectivity index (χ3v) is 6.79. The molecule has 0 radical (unpaired) electrons. The second kappa shape index (κ2) is 15.1. The van der Waals surface area contributed by atoms with Crippen LogP contribution in [-0.2, 0) is 17.6 Å². The number of methoxy groups -OCH3 is 1. The molecule has 0 saturated carbocycles. The maximum absolute atomic E-state index is 13.5. The average molecular weight is 571 g/mol. The molecule has 3 aromatic rings. The molecule has 0 fully saturated rings. The van der Waals surface area contributed by atoms with Gasteiger partial charge in [0.15, 0.2) is 0 Å². The zero-order valence-electron chi connectivity index (χ0n) is 23.1. The Bertz CT molecular complexity index is 1280. The van der Waals surface area contributed by atoms with Crippen molar-refractivity contribution in [1.82, 2.24) is 19.9 Å². The lowest BCUT2D eigenvalue weighted by Crippen LogP contribution is -2.37. The van der Waals surface area contributed by atoms with Crippen molar-refractivity contribution in [3.05, 3.63) is 65.5 Å². The minimum Gasteiger partial charge on any atom is -0.492 e. The molecule has 12 heteroatoms. The number of nitrogens with one attached hydrogen (secondary N) is 2. The average Bonchev–Trinajstić information content (AvgIpc) is 2.96. The largest absolute Gasteiger partial charge is 0.492 e. The highest BCUT2D eigenvalue weighted by Gasteiger charge is 2.20. The summed E-state index contributed by atoms with van der Waals surface area (Å²) >= 11 is 0. The van der Waals surface area contributed by atoms with Gasteiger partial charge in [-0.25, -0.2) is 23.5 Å². The predicted octanol–water partition coefficient (Wildman–Crippen LogP) is 4.18. The van der Waals surface area contributed by atoms with E-state index in [1.54, 1.807) is 6.07 Å². The molecule has 3 N–H and O–H groups in total. The fourth-order valence-electron chi connectivity index (χ4n) is 4.66. The summed E-state index contributed by atoms with van der Waals surface area (Å²) in [5.41, 5.74) is 2.29. The normalized spacial score (nSPS) is 13.3. The number of benzene rings is 1.